The summed E-state index contributed by atoms with van der Waals surface area (Å²) in [5, 5.41) is 8.74. The smallest absolute Gasteiger partial charge is 0.423 e. The molecule has 0 bridgehead atoms. The number of aromatic hydroxyl groups is 1. The minimum absolute atomic E-state index is 0.196. The number of alkyl halides is 4. The lowest BCUT2D eigenvalue weighted by molar-refractivity contribution is -0.182. The summed E-state index contributed by atoms with van der Waals surface area (Å²) in [4.78, 5) is 0. The normalized spacial score (nSPS) is 14.2. The first-order valence-corrected chi connectivity index (χ1v) is 3.41. The van der Waals surface area contributed by atoms with Crippen molar-refractivity contribution in [2.45, 2.75) is 12.3 Å². The first-order chi connectivity index (χ1) is 5.91. The summed E-state index contributed by atoms with van der Waals surface area (Å²) < 4.78 is 48.0. The van der Waals surface area contributed by atoms with E-state index in [0.717, 1.165) is 24.3 Å². The lowest BCUT2D eigenvalue weighted by Gasteiger charge is -2.11. The van der Waals surface area contributed by atoms with Crippen molar-refractivity contribution in [1.82, 2.24) is 0 Å². The SMILES string of the molecule is Oc1ccc(C(F)C(F)(F)F)cc1. The molecular formula is C8H6F4O. The number of rotatable bonds is 1. The molecule has 0 saturated heterocycles. The summed E-state index contributed by atoms with van der Waals surface area (Å²) in [5.74, 6) is -0.196. The van der Waals surface area contributed by atoms with Crippen molar-refractivity contribution in [3.8, 4) is 5.75 Å². The molecule has 0 heterocycles. The van der Waals surface area contributed by atoms with Crippen LogP contribution in [-0.4, -0.2) is 11.3 Å². The Balaban J connectivity index is 2.90. The van der Waals surface area contributed by atoms with Gasteiger partial charge in [0, 0.05) is 0 Å². The second kappa shape index (κ2) is 3.24. The van der Waals surface area contributed by atoms with Gasteiger partial charge in [0.05, 0.1) is 0 Å². The molecule has 0 aromatic heterocycles. The molecule has 0 fully saturated rings. The van der Waals surface area contributed by atoms with Crippen molar-refractivity contribution in [2.75, 3.05) is 0 Å². The summed E-state index contributed by atoms with van der Waals surface area (Å²) in [6.07, 6.45) is -7.88. The van der Waals surface area contributed by atoms with Gasteiger partial charge in [-0.3, -0.25) is 0 Å². The Morgan fingerprint density at radius 2 is 1.54 bits per heavy atom. The fourth-order valence-electron chi connectivity index (χ4n) is 0.832. The van der Waals surface area contributed by atoms with E-state index >= 15 is 0 Å². The molecule has 1 aromatic rings. The van der Waals surface area contributed by atoms with Crippen LogP contribution < -0.4 is 0 Å². The number of phenols is 1. The molecule has 0 aliphatic carbocycles. The summed E-state index contributed by atoms with van der Waals surface area (Å²) in [5.41, 5.74) is -0.509. The van der Waals surface area contributed by atoms with Crippen LogP contribution in [0.2, 0.25) is 0 Å². The van der Waals surface area contributed by atoms with Crippen molar-refractivity contribution in [1.29, 1.82) is 0 Å². The molecule has 1 unspecified atom stereocenters. The van der Waals surface area contributed by atoms with Gasteiger partial charge in [0.15, 0.2) is 0 Å². The van der Waals surface area contributed by atoms with E-state index in [1.807, 2.05) is 0 Å². The Labute approximate surface area is 71.6 Å². The standard InChI is InChI=1S/C8H6F4O/c9-7(8(10,11)12)5-1-3-6(13)4-2-5/h1-4,7,13H. The predicted molar refractivity (Wildman–Crippen MR) is 38.0 cm³/mol. The largest absolute Gasteiger partial charge is 0.508 e. The van der Waals surface area contributed by atoms with Crippen LogP contribution >= 0.6 is 0 Å². The average molecular weight is 194 g/mol. The molecule has 72 valence electrons. The molecule has 0 aliphatic rings. The molecule has 1 aromatic carbocycles. The summed E-state index contributed by atoms with van der Waals surface area (Å²) >= 11 is 0. The molecule has 0 spiro atoms. The van der Waals surface area contributed by atoms with E-state index in [4.69, 9.17) is 5.11 Å². The third-order valence-electron chi connectivity index (χ3n) is 1.47. The van der Waals surface area contributed by atoms with Gasteiger partial charge in [0.1, 0.15) is 5.75 Å². The summed E-state index contributed by atoms with van der Waals surface area (Å²) in [6, 6.07) is 3.81. The molecule has 0 radical (unpaired) electrons. The van der Waals surface area contributed by atoms with Gasteiger partial charge < -0.3 is 5.11 Å². The number of hydrogen-bond donors (Lipinski definition) is 1. The Morgan fingerprint density at radius 1 is 1.08 bits per heavy atom. The van der Waals surface area contributed by atoms with Crippen molar-refractivity contribution in [3.63, 3.8) is 0 Å². The van der Waals surface area contributed by atoms with Crippen molar-refractivity contribution < 1.29 is 22.7 Å². The molecule has 0 aliphatic heterocycles. The lowest BCUT2D eigenvalue weighted by atomic mass is 10.1. The van der Waals surface area contributed by atoms with Crippen LogP contribution in [0.4, 0.5) is 17.6 Å². The van der Waals surface area contributed by atoms with Gasteiger partial charge in [-0.2, -0.15) is 13.2 Å². The Morgan fingerprint density at radius 3 is 1.92 bits per heavy atom. The van der Waals surface area contributed by atoms with Crippen LogP contribution in [0.25, 0.3) is 0 Å². The highest BCUT2D eigenvalue weighted by molar-refractivity contribution is 5.27. The molecule has 13 heavy (non-hydrogen) atoms. The first-order valence-electron chi connectivity index (χ1n) is 3.41. The number of halogens is 4. The van der Waals surface area contributed by atoms with Gasteiger partial charge in [-0.1, -0.05) is 12.1 Å². The van der Waals surface area contributed by atoms with E-state index in [0.29, 0.717) is 0 Å². The number of hydrogen-bond acceptors (Lipinski definition) is 1. The van der Waals surface area contributed by atoms with Crippen LogP contribution in [0.1, 0.15) is 11.7 Å². The fourth-order valence-corrected chi connectivity index (χ4v) is 0.832. The topological polar surface area (TPSA) is 20.2 Å². The van der Waals surface area contributed by atoms with E-state index in [2.05, 4.69) is 0 Å². The maximum Gasteiger partial charge on any atom is 0.423 e. The van der Waals surface area contributed by atoms with Gasteiger partial charge in [-0.05, 0) is 17.7 Å². The van der Waals surface area contributed by atoms with E-state index < -0.39 is 17.9 Å². The van der Waals surface area contributed by atoms with Gasteiger partial charge in [0.2, 0.25) is 6.17 Å². The summed E-state index contributed by atoms with van der Waals surface area (Å²) in [6.45, 7) is 0. The van der Waals surface area contributed by atoms with Gasteiger partial charge in [-0.25, -0.2) is 4.39 Å². The monoisotopic (exact) mass is 194 g/mol. The Kier molecular flexibility index (Phi) is 2.45. The molecule has 1 nitrogen and oxygen atoms in total. The van der Waals surface area contributed by atoms with Gasteiger partial charge >= 0.3 is 6.18 Å². The molecule has 1 rings (SSSR count). The highest BCUT2D eigenvalue weighted by Crippen LogP contribution is 2.36. The van der Waals surface area contributed by atoms with E-state index in [1.54, 1.807) is 0 Å². The molecular weight excluding hydrogens is 188 g/mol. The molecule has 0 saturated carbocycles. The minimum Gasteiger partial charge on any atom is -0.508 e. The van der Waals surface area contributed by atoms with Gasteiger partial charge in [-0.15, -0.1) is 0 Å². The van der Waals surface area contributed by atoms with Crippen LogP contribution in [0.3, 0.4) is 0 Å². The second-order valence-corrected chi connectivity index (χ2v) is 2.50. The maximum atomic E-state index is 12.6. The fraction of sp³-hybridized carbons (Fsp3) is 0.250. The van der Waals surface area contributed by atoms with Crippen molar-refractivity contribution >= 4 is 0 Å². The van der Waals surface area contributed by atoms with Crippen LogP contribution in [0.15, 0.2) is 24.3 Å². The quantitative estimate of drug-likeness (QED) is 0.681. The Bertz CT molecular complexity index is 277. The molecule has 1 atom stereocenters. The first kappa shape index (κ1) is 9.83. The van der Waals surface area contributed by atoms with E-state index in [1.165, 1.54) is 0 Å². The molecule has 0 amide bonds. The van der Waals surface area contributed by atoms with Crippen LogP contribution in [0.5, 0.6) is 5.75 Å². The minimum atomic E-state index is -4.89. The third kappa shape index (κ3) is 2.34. The lowest BCUT2D eigenvalue weighted by Crippen LogP contribution is -2.16. The average Bonchev–Trinajstić information content (AvgIpc) is 2.03. The van der Waals surface area contributed by atoms with Gasteiger partial charge in [0.25, 0.3) is 0 Å². The van der Waals surface area contributed by atoms with Crippen LogP contribution in [-0.2, 0) is 0 Å². The number of phenolic OH excluding ortho intramolecular Hbond substituents is 1. The molecule has 1 N–H and O–H groups in total. The van der Waals surface area contributed by atoms with E-state index in [9.17, 15) is 17.6 Å². The van der Waals surface area contributed by atoms with Crippen molar-refractivity contribution in [3.05, 3.63) is 29.8 Å². The maximum absolute atomic E-state index is 12.6. The summed E-state index contributed by atoms with van der Waals surface area (Å²) in [7, 11) is 0. The zero-order chi connectivity index (χ0) is 10.1. The van der Waals surface area contributed by atoms with E-state index in [-0.39, 0.29) is 5.75 Å². The highest BCUT2D eigenvalue weighted by Gasteiger charge is 2.41. The van der Waals surface area contributed by atoms with Crippen molar-refractivity contribution in [2.24, 2.45) is 0 Å². The highest BCUT2D eigenvalue weighted by atomic mass is 19.4. The number of benzene rings is 1. The van der Waals surface area contributed by atoms with Crippen LogP contribution in [0, 0.1) is 0 Å². The Hall–Kier alpha value is -1.26. The molecule has 5 heteroatoms. The zero-order valence-corrected chi connectivity index (χ0v) is 6.35. The third-order valence-corrected chi connectivity index (χ3v) is 1.47. The predicted octanol–water partition coefficient (Wildman–Crippen LogP) is 2.97. The zero-order valence-electron chi connectivity index (χ0n) is 6.35. The second-order valence-electron chi connectivity index (χ2n) is 2.50.